The van der Waals surface area contributed by atoms with Gasteiger partial charge in [0.15, 0.2) is 0 Å². The first-order valence-corrected chi connectivity index (χ1v) is 10.5. The number of nitrogens with one attached hydrogen (secondary N) is 2. The Morgan fingerprint density at radius 1 is 0.971 bits per heavy atom. The molecule has 4 aromatic rings. The normalized spacial score (nSPS) is 11.4. The molecule has 2 N–H and O–H groups in total. The number of rotatable bonds is 7. The zero-order chi connectivity index (χ0) is 24.2. The third-order valence-electron chi connectivity index (χ3n) is 4.95. The average Bonchev–Trinajstić information content (AvgIpc) is 3.16. The summed E-state index contributed by atoms with van der Waals surface area (Å²) in [6.45, 7) is 7.61. The lowest BCUT2D eigenvalue weighted by molar-refractivity contribution is -0.384. The van der Waals surface area contributed by atoms with Gasteiger partial charge in [-0.25, -0.2) is 10.1 Å². The van der Waals surface area contributed by atoms with E-state index in [1.807, 2.05) is 51.1 Å². The molecule has 0 amide bonds. The molecule has 2 heterocycles. The largest absolute Gasteiger partial charge is 0.324 e. The fraction of sp³-hybridized carbons (Fsp3) is 0.174. The van der Waals surface area contributed by atoms with E-state index in [2.05, 4.69) is 35.9 Å². The van der Waals surface area contributed by atoms with Crippen molar-refractivity contribution >= 4 is 29.0 Å². The number of aromatic nitrogens is 5. The molecule has 2 aromatic carbocycles. The van der Waals surface area contributed by atoms with Crippen molar-refractivity contribution in [2.24, 2.45) is 5.10 Å². The molecule has 0 saturated heterocycles. The van der Waals surface area contributed by atoms with E-state index < -0.39 is 4.92 Å². The van der Waals surface area contributed by atoms with Crippen LogP contribution in [0, 0.1) is 30.9 Å². The van der Waals surface area contributed by atoms with Crippen LogP contribution in [0.2, 0.25) is 0 Å². The van der Waals surface area contributed by atoms with Crippen LogP contribution < -0.4 is 10.7 Å². The Balaban J connectivity index is 1.65. The van der Waals surface area contributed by atoms with E-state index in [-0.39, 0.29) is 11.6 Å². The Morgan fingerprint density at radius 3 is 2.26 bits per heavy atom. The summed E-state index contributed by atoms with van der Waals surface area (Å²) in [7, 11) is 0. The van der Waals surface area contributed by atoms with Crippen molar-refractivity contribution in [2.75, 3.05) is 10.7 Å². The number of non-ortho nitro benzene ring substituents is 1. The topological polar surface area (TPSA) is 136 Å². The number of nitrogens with zero attached hydrogens (tertiary/aromatic N) is 7. The van der Waals surface area contributed by atoms with Gasteiger partial charge in [0.2, 0.25) is 11.9 Å². The smallest absolute Gasteiger partial charge is 0.269 e. The van der Waals surface area contributed by atoms with Gasteiger partial charge in [-0.3, -0.25) is 10.1 Å². The lowest BCUT2D eigenvalue weighted by Crippen LogP contribution is -2.12. The summed E-state index contributed by atoms with van der Waals surface area (Å²) >= 11 is 0. The highest BCUT2D eigenvalue weighted by Gasteiger charge is 2.12. The van der Waals surface area contributed by atoms with Gasteiger partial charge in [0.25, 0.3) is 11.6 Å². The van der Waals surface area contributed by atoms with Crippen LogP contribution in [0.5, 0.6) is 0 Å². The first-order valence-electron chi connectivity index (χ1n) is 10.5. The van der Waals surface area contributed by atoms with Crippen LogP contribution in [-0.2, 0) is 0 Å². The second kappa shape index (κ2) is 9.45. The summed E-state index contributed by atoms with van der Waals surface area (Å²) in [5.41, 5.74) is 7.90. The van der Waals surface area contributed by atoms with Crippen molar-refractivity contribution in [3.63, 3.8) is 0 Å². The Labute approximate surface area is 195 Å². The van der Waals surface area contributed by atoms with E-state index in [0.717, 1.165) is 28.2 Å². The highest BCUT2D eigenvalue weighted by atomic mass is 16.6. The Kier molecular flexibility index (Phi) is 6.26. The second-order valence-corrected chi connectivity index (χ2v) is 7.73. The van der Waals surface area contributed by atoms with Gasteiger partial charge in [-0.1, -0.05) is 17.7 Å². The van der Waals surface area contributed by atoms with Gasteiger partial charge in [-0.2, -0.15) is 25.2 Å². The summed E-state index contributed by atoms with van der Waals surface area (Å²) < 4.78 is 1.63. The van der Waals surface area contributed by atoms with Gasteiger partial charge in [0.1, 0.15) is 0 Å². The van der Waals surface area contributed by atoms with E-state index in [4.69, 9.17) is 0 Å². The molecule has 0 spiro atoms. The highest BCUT2D eigenvalue weighted by molar-refractivity contribution is 5.99. The first-order chi connectivity index (χ1) is 16.3. The van der Waals surface area contributed by atoms with Crippen LogP contribution in [0.3, 0.4) is 0 Å². The minimum absolute atomic E-state index is 0.0170. The van der Waals surface area contributed by atoms with Crippen LogP contribution in [0.25, 0.3) is 5.95 Å². The standard InChI is InChI=1S/C23H23N9O2/c1-14-5-9-19(10-6-14)24-21-25-22(27-23(26-21)31-16(3)13-15(2)30-31)29-28-17(4)18-7-11-20(12-8-18)32(33)34/h5-13H,1-4H3,(H2,24,25,26,27,29). The molecule has 4 rings (SSSR count). The number of nitro benzene ring substituents is 1. The van der Waals surface area contributed by atoms with E-state index in [1.165, 1.54) is 12.1 Å². The summed E-state index contributed by atoms with van der Waals surface area (Å²) in [5.74, 6) is 0.876. The van der Waals surface area contributed by atoms with Gasteiger partial charge in [0.05, 0.1) is 16.3 Å². The minimum atomic E-state index is -0.442. The molecule has 0 aliphatic carbocycles. The number of aryl methyl sites for hydroxylation is 3. The molecule has 0 unspecified atom stereocenters. The minimum Gasteiger partial charge on any atom is -0.324 e. The predicted molar refractivity (Wildman–Crippen MR) is 130 cm³/mol. The summed E-state index contributed by atoms with van der Waals surface area (Å²) in [4.78, 5) is 23.9. The third-order valence-corrected chi connectivity index (χ3v) is 4.95. The van der Waals surface area contributed by atoms with Crippen molar-refractivity contribution < 1.29 is 4.92 Å². The van der Waals surface area contributed by atoms with Crippen molar-refractivity contribution in [2.45, 2.75) is 27.7 Å². The summed E-state index contributed by atoms with van der Waals surface area (Å²) in [5, 5.41) is 22.9. The molecule has 0 aliphatic heterocycles. The third kappa shape index (κ3) is 5.21. The van der Waals surface area contributed by atoms with Crippen LogP contribution in [0.1, 0.15) is 29.4 Å². The van der Waals surface area contributed by atoms with Gasteiger partial charge in [-0.15, -0.1) is 0 Å². The number of hydrogen-bond donors (Lipinski definition) is 2. The number of anilines is 3. The van der Waals surface area contributed by atoms with Crippen molar-refractivity contribution in [3.8, 4) is 5.95 Å². The van der Waals surface area contributed by atoms with Crippen molar-refractivity contribution in [1.82, 2.24) is 24.7 Å². The lowest BCUT2D eigenvalue weighted by atomic mass is 10.1. The Hall–Kier alpha value is -4.67. The molecule has 34 heavy (non-hydrogen) atoms. The SMILES string of the molecule is CC(=NNc1nc(Nc2ccc(C)cc2)nc(-n2nc(C)cc2C)n1)c1ccc([N+](=O)[O-])cc1. The van der Waals surface area contributed by atoms with Gasteiger partial charge in [-0.05, 0) is 63.6 Å². The van der Waals surface area contributed by atoms with Gasteiger partial charge in [0, 0.05) is 23.5 Å². The maximum absolute atomic E-state index is 10.9. The number of benzene rings is 2. The fourth-order valence-electron chi connectivity index (χ4n) is 3.19. The van der Waals surface area contributed by atoms with Crippen molar-refractivity contribution in [1.29, 1.82) is 0 Å². The van der Waals surface area contributed by atoms with E-state index >= 15 is 0 Å². The quantitative estimate of drug-likeness (QED) is 0.236. The fourth-order valence-corrected chi connectivity index (χ4v) is 3.19. The number of hydrogen-bond acceptors (Lipinski definition) is 9. The molecule has 0 fully saturated rings. The average molecular weight is 457 g/mol. The van der Waals surface area contributed by atoms with Crippen LogP contribution in [0.4, 0.5) is 23.3 Å². The molecule has 0 aliphatic rings. The van der Waals surface area contributed by atoms with Crippen LogP contribution in [0.15, 0.2) is 59.7 Å². The zero-order valence-electron chi connectivity index (χ0n) is 19.1. The molecule has 11 nitrogen and oxygen atoms in total. The molecular formula is C23H23N9O2. The van der Waals surface area contributed by atoms with Gasteiger partial charge < -0.3 is 5.32 Å². The lowest BCUT2D eigenvalue weighted by Gasteiger charge is -2.10. The second-order valence-electron chi connectivity index (χ2n) is 7.73. The molecule has 2 aromatic heterocycles. The molecule has 0 radical (unpaired) electrons. The highest BCUT2D eigenvalue weighted by Crippen LogP contribution is 2.18. The maximum Gasteiger partial charge on any atom is 0.269 e. The molecule has 0 saturated carbocycles. The molecular weight excluding hydrogens is 434 g/mol. The van der Waals surface area contributed by atoms with Crippen LogP contribution in [-0.4, -0.2) is 35.4 Å². The summed E-state index contributed by atoms with van der Waals surface area (Å²) in [6.07, 6.45) is 0. The van der Waals surface area contributed by atoms with Gasteiger partial charge >= 0.3 is 0 Å². The predicted octanol–water partition coefficient (Wildman–Crippen LogP) is 4.47. The number of hydrazone groups is 1. The van der Waals surface area contributed by atoms with E-state index in [1.54, 1.807) is 23.7 Å². The molecule has 172 valence electrons. The van der Waals surface area contributed by atoms with E-state index in [9.17, 15) is 10.1 Å². The monoisotopic (exact) mass is 457 g/mol. The number of nitro groups is 1. The molecule has 0 atom stereocenters. The van der Waals surface area contributed by atoms with Crippen molar-refractivity contribution in [3.05, 3.63) is 87.2 Å². The maximum atomic E-state index is 10.9. The van der Waals surface area contributed by atoms with E-state index in [0.29, 0.717) is 17.6 Å². The molecule has 0 bridgehead atoms. The summed E-state index contributed by atoms with van der Waals surface area (Å²) in [6, 6.07) is 15.9. The Morgan fingerprint density at radius 2 is 1.65 bits per heavy atom. The zero-order valence-corrected chi connectivity index (χ0v) is 19.1. The van der Waals surface area contributed by atoms with Crippen LogP contribution >= 0.6 is 0 Å². The Bertz CT molecular complexity index is 1360. The molecule has 11 heteroatoms. The first kappa shape index (κ1) is 22.5.